The molecule has 1 N–H and O–H groups in total. The van der Waals surface area contributed by atoms with Crippen LogP contribution in [0.3, 0.4) is 0 Å². The van der Waals surface area contributed by atoms with Crippen LogP contribution in [0, 0.1) is 0 Å². The van der Waals surface area contributed by atoms with E-state index < -0.39 is 0 Å². The Morgan fingerprint density at radius 2 is 1.95 bits per heavy atom. The first-order valence-electron chi connectivity index (χ1n) is 6.69. The molecule has 0 aliphatic heterocycles. The van der Waals surface area contributed by atoms with E-state index in [1.165, 1.54) is 0 Å². The van der Waals surface area contributed by atoms with E-state index in [0.717, 1.165) is 5.56 Å². The maximum absolute atomic E-state index is 12.1. The van der Waals surface area contributed by atoms with E-state index >= 15 is 0 Å². The highest BCUT2D eigenvalue weighted by atomic mass is 16.5. The van der Waals surface area contributed by atoms with Crippen LogP contribution < -0.4 is 4.74 Å². The van der Waals surface area contributed by atoms with Crippen molar-refractivity contribution in [1.29, 1.82) is 0 Å². The van der Waals surface area contributed by atoms with Crippen LogP contribution in [0.15, 0.2) is 35.6 Å². The second kappa shape index (κ2) is 5.90. The van der Waals surface area contributed by atoms with Gasteiger partial charge in [-0.25, -0.2) is 0 Å². The summed E-state index contributed by atoms with van der Waals surface area (Å²) in [5.41, 5.74) is 0.910. The first kappa shape index (κ1) is 14.3. The third-order valence-corrected chi connectivity index (χ3v) is 3.61. The summed E-state index contributed by atoms with van der Waals surface area (Å²) in [5, 5.41) is 9.68. The van der Waals surface area contributed by atoms with Gasteiger partial charge >= 0.3 is 0 Å². The molecule has 1 aliphatic carbocycles. The smallest absolute Gasteiger partial charge is 0.170 e. The van der Waals surface area contributed by atoms with Gasteiger partial charge < -0.3 is 9.84 Å². The van der Waals surface area contributed by atoms with Gasteiger partial charge in [0.05, 0.1) is 12.7 Å². The van der Waals surface area contributed by atoms with Crippen LogP contribution in [0.2, 0.25) is 0 Å². The lowest BCUT2D eigenvalue weighted by Crippen LogP contribution is -2.26. The molecule has 1 fully saturated rings. The molecule has 0 aromatic heterocycles. The lowest BCUT2D eigenvalue weighted by Gasteiger charge is -2.23. The van der Waals surface area contributed by atoms with Gasteiger partial charge in [0.1, 0.15) is 11.5 Å². The molecule has 20 heavy (non-hydrogen) atoms. The Hall–Kier alpha value is -2.10. The zero-order valence-corrected chi connectivity index (χ0v) is 11.7. The quantitative estimate of drug-likeness (QED) is 0.523. The zero-order chi connectivity index (χ0) is 14.7. The maximum atomic E-state index is 12.1. The molecular weight excluding hydrogens is 256 g/mol. The van der Waals surface area contributed by atoms with E-state index in [9.17, 15) is 14.7 Å². The van der Waals surface area contributed by atoms with Gasteiger partial charge in [0.15, 0.2) is 11.6 Å². The molecule has 0 bridgehead atoms. The molecule has 0 amide bonds. The molecule has 1 aromatic carbocycles. The van der Waals surface area contributed by atoms with Crippen molar-refractivity contribution in [3.8, 4) is 5.75 Å². The topological polar surface area (TPSA) is 63.6 Å². The second-order valence-electron chi connectivity index (χ2n) is 4.90. The highest BCUT2D eigenvalue weighted by molar-refractivity contribution is 6.22. The number of aliphatic hydroxyl groups excluding tert-OH is 1. The predicted octanol–water partition coefficient (Wildman–Crippen LogP) is 2.93. The van der Waals surface area contributed by atoms with Gasteiger partial charge in [0, 0.05) is 19.3 Å². The van der Waals surface area contributed by atoms with Crippen LogP contribution in [-0.4, -0.2) is 23.8 Å². The highest BCUT2D eigenvalue weighted by Gasteiger charge is 2.33. The molecule has 0 unspecified atom stereocenters. The molecule has 4 heteroatoms. The fourth-order valence-corrected chi connectivity index (χ4v) is 2.51. The molecular formula is C16H18O4. The number of hydrogen-bond donors (Lipinski definition) is 1. The van der Waals surface area contributed by atoms with E-state index in [1.54, 1.807) is 14.0 Å². The average molecular weight is 274 g/mol. The number of aliphatic hydroxyl groups is 1. The van der Waals surface area contributed by atoms with Crippen molar-refractivity contribution in [3.63, 3.8) is 0 Å². The zero-order valence-electron chi connectivity index (χ0n) is 11.7. The fourth-order valence-electron chi connectivity index (χ4n) is 2.51. The number of methoxy groups -OCH3 is 1. The minimum Gasteiger partial charge on any atom is -0.511 e. The van der Waals surface area contributed by atoms with Gasteiger partial charge in [-0.15, -0.1) is 0 Å². The molecule has 1 saturated carbocycles. The van der Waals surface area contributed by atoms with E-state index in [1.807, 2.05) is 24.3 Å². The monoisotopic (exact) mass is 274 g/mol. The first-order valence-corrected chi connectivity index (χ1v) is 6.69. The van der Waals surface area contributed by atoms with Gasteiger partial charge in [-0.05, 0) is 23.6 Å². The summed E-state index contributed by atoms with van der Waals surface area (Å²) >= 11 is 0. The number of benzene rings is 1. The molecule has 106 valence electrons. The van der Waals surface area contributed by atoms with Gasteiger partial charge in [-0.1, -0.05) is 19.1 Å². The number of ether oxygens (including phenoxy) is 1. The maximum Gasteiger partial charge on any atom is 0.170 e. The van der Waals surface area contributed by atoms with Gasteiger partial charge in [-0.2, -0.15) is 0 Å². The number of allylic oxidation sites excluding steroid dienone is 2. The molecule has 0 spiro atoms. The molecule has 2 rings (SSSR count). The number of carbonyl (C=O) groups excluding carboxylic acids is 2. The van der Waals surface area contributed by atoms with Crippen molar-refractivity contribution < 1.29 is 19.4 Å². The molecule has 0 radical (unpaired) electrons. The summed E-state index contributed by atoms with van der Waals surface area (Å²) in [6.07, 6.45) is 0.799. The Balaban J connectivity index is 2.27. The molecule has 1 aromatic rings. The Labute approximate surface area is 118 Å². The summed E-state index contributed by atoms with van der Waals surface area (Å²) in [5.74, 6) is -0.0652. The fraction of sp³-hybridized carbons (Fsp3) is 0.375. The summed E-state index contributed by atoms with van der Waals surface area (Å²) in [6, 6.07) is 7.41. The Morgan fingerprint density at radius 1 is 1.30 bits per heavy atom. The number of hydrogen-bond acceptors (Lipinski definition) is 4. The number of rotatable bonds is 3. The normalized spacial score (nSPS) is 19.1. The van der Waals surface area contributed by atoms with Crippen LogP contribution in [0.4, 0.5) is 0 Å². The van der Waals surface area contributed by atoms with Crippen molar-refractivity contribution in [3.05, 3.63) is 41.2 Å². The third kappa shape index (κ3) is 2.74. The summed E-state index contributed by atoms with van der Waals surface area (Å²) < 4.78 is 5.16. The van der Waals surface area contributed by atoms with Gasteiger partial charge in [0.2, 0.25) is 0 Å². The van der Waals surface area contributed by atoms with E-state index in [4.69, 9.17) is 4.74 Å². The molecule has 4 nitrogen and oxygen atoms in total. The standard InChI is InChI=1S/C16H18O4/c1-3-13(17)16-14(18)8-11(9-15(16)19)10-5-4-6-12(7-10)20-2/h4-7,11,17H,3,8-9H2,1-2H3. The van der Waals surface area contributed by atoms with Gasteiger partial charge in [-0.3, -0.25) is 9.59 Å². The summed E-state index contributed by atoms with van der Waals surface area (Å²) in [6.45, 7) is 1.72. The van der Waals surface area contributed by atoms with Crippen LogP contribution in [0.25, 0.3) is 0 Å². The van der Waals surface area contributed by atoms with Crippen LogP contribution in [-0.2, 0) is 9.59 Å². The SMILES string of the molecule is CCC(O)=C1C(=O)CC(c2cccc(OC)c2)CC1=O. The van der Waals surface area contributed by atoms with Crippen LogP contribution in [0.5, 0.6) is 5.75 Å². The predicted molar refractivity (Wildman–Crippen MR) is 74.9 cm³/mol. The van der Waals surface area contributed by atoms with Crippen LogP contribution in [0.1, 0.15) is 37.7 Å². The van der Waals surface area contributed by atoms with Crippen LogP contribution >= 0.6 is 0 Å². The first-order chi connectivity index (χ1) is 9.56. The lowest BCUT2D eigenvalue weighted by molar-refractivity contribution is -0.124. The number of ketones is 2. The average Bonchev–Trinajstić information content (AvgIpc) is 2.46. The third-order valence-electron chi connectivity index (χ3n) is 3.61. The Bertz CT molecular complexity index is 552. The highest BCUT2D eigenvalue weighted by Crippen LogP contribution is 2.34. The molecule has 0 heterocycles. The van der Waals surface area contributed by atoms with Crippen molar-refractivity contribution in [2.24, 2.45) is 0 Å². The molecule has 0 saturated heterocycles. The molecule has 1 aliphatic rings. The summed E-state index contributed by atoms with van der Waals surface area (Å²) in [4.78, 5) is 24.1. The second-order valence-corrected chi connectivity index (χ2v) is 4.90. The van der Waals surface area contributed by atoms with E-state index in [-0.39, 0.29) is 41.7 Å². The Kier molecular flexibility index (Phi) is 4.23. The number of carbonyl (C=O) groups is 2. The number of Topliss-reactive ketones (excluding diaryl/α,β-unsaturated/α-hetero) is 2. The van der Waals surface area contributed by atoms with Crippen molar-refractivity contribution in [2.75, 3.05) is 7.11 Å². The minimum absolute atomic E-state index is 0.00774. The van der Waals surface area contributed by atoms with Crippen molar-refractivity contribution >= 4 is 11.6 Å². The molecule has 0 atom stereocenters. The minimum atomic E-state index is -0.270. The largest absolute Gasteiger partial charge is 0.511 e. The summed E-state index contributed by atoms with van der Waals surface area (Å²) in [7, 11) is 1.58. The van der Waals surface area contributed by atoms with E-state index in [2.05, 4.69) is 0 Å². The Morgan fingerprint density at radius 3 is 2.50 bits per heavy atom. The van der Waals surface area contributed by atoms with Gasteiger partial charge in [0.25, 0.3) is 0 Å². The van der Waals surface area contributed by atoms with E-state index in [0.29, 0.717) is 12.2 Å². The lowest BCUT2D eigenvalue weighted by atomic mass is 9.79. The van der Waals surface area contributed by atoms with Crippen molar-refractivity contribution in [2.45, 2.75) is 32.1 Å². The van der Waals surface area contributed by atoms with Crippen molar-refractivity contribution in [1.82, 2.24) is 0 Å².